The minimum absolute atomic E-state index is 0.182. The van der Waals surface area contributed by atoms with Crippen LogP contribution in [-0.2, 0) is 21.1 Å². The van der Waals surface area contributed by atoms with Crippen LogP contribution in [0.25, 0.3) is 0 Å². The zero-order valence-corrected chi connectivity index (χ0v) is 19.3. The first kappa shape index (κ1) is 23.4. The van der Waals surface area contributed by atoms with Gasteiger partial charge in [0.25, 0.3) is 5.91 Å². The molecule has 4 rings (SSSR count). The third-order valence-electron chi connectivity index (χ3n) is 5.66. The van der Waals surface area contributed by atoms with Crippen LogP contribution in [0.5, 0.6) is 0 Å². The zero-order valence-electron chi connectivity index (χ0n) is 18.5. The van der Waals surface area contributed by atoms with Gasteiger partial charge in [-0.15, -0.1) is 0 Å². The fraction of sp³-hybridized carbons (Fsp3) is 0.240. The van der Waals surface area contributed by atoms with Crippen LogP contribution in [0, 0.1) is 5.21 Å². The van der Waals surface area contributed by atoms with Crippen molar-refractivity contribution in [3.63, 3.8) is 0 Å². The molecule has 1 aromatic heterocycles. The Morgan fingerprint density at radius 3 is 2.62 bits per heavy atom. The first-order valence-corrected chi connectivity index (χ1v) is 12.7. The predicted molar refractivity (Wildman–Crippen MR) is 128 cm³/mol. The van der Waals surface area contributed by atoms with Crippen LogP contribution in [0.3, 0.4) is 0 Å². The number of nitrogens with zero attached hydrogens (tertiary/aromatic N) is 2. The van der Waals surface area contributed by atoms with Gasteiger partial charge in [-0.2, -0.15) is 4.73 Å². The first-order valence-electron chi connectivity index (χ1n) is 11.0. The molecule has 0 radical (unpaired) electrons. The Labute approximate surface area is 198 Å². The molecule has 2 aromatic carbocycles. The molecule has 1 aliphatic heterocycles. The molecule has 1 unspecified atom stereocenters. The highest BCUT2D eigenvalue weighted by atomic mass is 32.2. The van der Waals surface area contributed by atoms with E-state index in [9.17, 15) is 23.2 Å². The summed E-state index contributed by atoms with van der Waals surface area (Å²) in [5, 5.41) is 13.3. The molecular weight excluding hydrogens is 454 g/mol. The predicted octanol–water partition coefficient (Wildman–Crippen LogP) is 2.53. The average molecular weight is 480 g/mol. The monoisotopic (exact) mass is 479 g/mol. The maximum absolute atomic E-state index is 12.8. The van der Waals surface area contributed by atoms with Gasteiger partial charge >= 0.3 is 0 Å². The number of carbonyl (C=O) groups is 2. The summed E-state index contributed by atoms with van der Waals surface area (Å²) < 4.78 is 26.2. The molecule has 0 aliphatic carbocycles. The van der Waals surface area contributed by atoms with Gasteiger partial charge in [0.05, 0.1) is 0 Å². The Bertz CT molecular complexity index is 1290. The average Bonchev–Trinajstić information content (AvgIpc) is 3.07. The van der Waals surface area contributed by atoms with Crippen LogP contribution in [-0.4, -0.2) is 32.5 Å². The molecular formula is C25H25N3O5S. The summed E-state index contributed by atoms with van der Waals surface area (Å²) in [7, 11) is -3.86. The van der Waals surface area contributed by atoms with E-state index < -0.39 is 26.9 Å². The summed E-state index contributed by atoms with van der Waals surface area (Å²) in [4.78, 5) is 26.3. The SMILES string of the molecule is O=C(NCCCCc1ccccc1)c1cccc(C2N(c3ccc[n+]([O-])c3)C(=O)CS2(=O)=O)c1. The van der Waals surface area contributed by atoms with Crippen molar-refractivity contribution in [2.45, 2.75) is 24.6 Å². The molecule has 0 bridgehead atoms. The summed E-state index contributed by atoms with van der Waals surface area (Å²) in [6.45, 7) is 0.496. The number of aromatic nitrogens is 1. The van der Waals surface area contributed by atoms with Gasteiger partial charge in [-0.25, -0.2) is 8.42 Å². The van der Waals surface area contributed by atoms with E-state index in [0.717, 1.165) is 30.4 Å². The quantitative estimate of drug-likeness (QED) is 0.303. The molecule has 0 saturated carbocycles. The number of benzene rings is 2. The fourth-order valence-corrected chi connectivity index (χ4v) is 5.83. The van der Waals surface area contributed by atoms with Crippen LogP contribution in [0.1, 0.15) is 39.7 Å². The van der Waals surface area contributed by atoms with Gasteiger partial charge < -0.3 is 10.5 Å². The molecule has 2 amide bonds. The standard InChI is InChI=1S/C25H25N3O5S/c29-23-18-34(32,33)25(28(23)22-13-7-15-27(31)17-22)21-12-6-11-20(16-21)24(30)26-14-5-4-10-19-8-2-1-3-9-19/h1-3,6-9,11-13,15-17,25H,4-5,10,14,18H2,(H,26,30). The Hall–Kier alpha value is -3.72. The highest BCUT2D eigenvalue weighted by Gasteiger charge is 2.46. The van der Waals surface area contributed by atoms with Crippen LogP contribution in [0.4, 0.5) is 5.69 Å². The highest BCUT2D eigenvalue weighted by Crippen LogP contribution is 2.37. The molecule has 2 heterocycles. The largest absolute Gasteiger partial charge is 0.619 e. The lowest BCUT2D eigenvalue weighted by atomic mass is 10.1. The Morgan fingerprint density at radius 2 is 1.85 bits per heavy atom. The maximum Gasteiger partial charge on any atom is 0.251 e. The second-order valence-electron chi connectivity index (χ2n) is 8.17. The van der Waals surface area contributed by atoms with Crippen LogP contribution >= 0.6 is 0 Å². The molecule has 1 aliphatic rings. The number of amides is 2. The number of aryl methyl sites for hydroxylation is 1. The van der Waals surface area contributed by atoms with Crippen molar-refractivity contribution in [1.82, 2.24) is 5.32 Å². The number of sulfone groups is 1. The van der Waals surface area contributed by atoms with Gasteiger partial charge in [0, 0.05) is 18.2 Å². The molecule has 1 N–H and O–H groups in total. The minimum atomic E-state index is -3.86. The van der Waals surface area contributed by atoms with Gasteiger partial charge in [-0.1, -0.05) is 42.5 Å². The molecule has 1 saturated heterocycles. The highest BCUT2D eigenvalue weighted by molar-refractivity contribution is 7.93. The lowest BCUT2D eigenvalue weighted by molar-refractivity contribution is -0.604. The smallest absolute Gasteiger partial charge is 0.251 e. The number of nitrogens with one attached hydrogen (secondary N) is 1. The van der Waals surface area contributed by atoms with E-state index in [-0.39, 0.29) is 11.6 Å². The van der Waals surface area contributed by atoms with Crippen LogP contribution < -0.4 is 14.9 Å². The van der Waals surface area contributed by atoms with E-state index in [4.69, 9.17) is 0 Å². The molecule has 0 spiro atoms. The van der Waals surface area contributed by atoms with E-state index >= 15 is 0 Å². The summed E-state index contributed by atoms with van der Waals surface area (Å²) in [5.41, 5.74) is 2.03. The van der Waals surface area contributed by atoms with E-state index in [1.54, 1.807) is 18.2 Å². The van der Waals surface area contributed by atoms with Crippen molar-refractivity contribution < 1.29 is 22.7 Å². The van der Waals surface area contributed by atoms with Gasteiger partial charge in [0.15, 0.2) is 21.4 Å². The Morgan fingerprint density at radius 1 is 1.06 bits per heavy atom. The minimum Gasteiger partial charge on any atom is -0.619 e. The van der Waals surface area contributed by atoms with Crippen molar-refractivity contribution in [1.29, 1.82) is 0 Å². The molecule has 1 fully saturated rings. The van der Waals surface area contributed by atoms with Crippen molar-refractivity contribution in [3.8, 4) is 0 Å². The third kappa shape index (κ3) is 5.26. The normalized spacial score (nSPS) is 17.0. The van der Waals surface area contributed by atoms with Gasteiger partial charge in [0.2, 0.25) is 12.1 Å². The van der Waals surface area contributed by atoms with Gasteiger partial charge in [-0.3, -0.25) is 14.5 Å². The summed E-state index contributed by atoms with van der Waals surface area (Å²) >= 11 is 0. The number of pyridine rings is 1. The maximum atomic E-state index is 12.8. The van der Waals surface area contributed by atoms with Crippen LogP contribution in [0.2, 0.25) is 0 Å². The molecule has 9 heteroatoms. The van der Waals surface area contributed by atoms with E-state index in [1.165, 1.54) is 30.0 Å². The van der Waals surface area contributed by atoms with Crippen molar-refractivity contribution in [2.24, 2.45) is 0 Å². The number of anilines is 1. The lowest BCUT2D eigenvalue weighted by Crippen LogP contribution is -2.33. The second kappa shape index (κ2) is 10.0. The summed E-state index contributed by atoms with van der Waals surface area (Å²) in [6, 6.07) is 19.3. The number of carbonyl (C=O) groups excluding carboxylic acids is 2. The topological polar surface area (TPSA) is 110 Å². The Balaban J connectivity index is 1.46. The van der Waals surface area contributed by atoms with Gasteiger partial charge in [0.1, 0.15) is 11.4 Å². The summed E-state index contributed by atoms with van der Waals surface area (Å²) in [6.07, 6.45) is 5.07. The van der Waals surface area contributed by atoms with E-state index in [0.29, 0.717) is 22.4 Å². The number of hydrogen-bond donors (Lipinski definition) is 1. The molecule has 34 heavy (non-hydrogen) atoms. The molecule has 1 atom stereocenters. The van der Waals surface area contributed by atoms with Crippen molar-refractivity contribution in [3.05, 3.63) is 101 Å². The van der Waals surface area contributed by atoms with Gasteiger partial charge in [-0.05, 0) is 48.6 Å². The van der Waals surface area contributed by atoms with Crippen LogP contribution in [0.15, 0.2) is 79.1 Å². The third-order valence-corrected chi connectivity index (χ3v) is 7.47. The van der Waals surface area contributed by atoms with Crippen molar-refractivity contribution >= 4 is 27.3 Å². The van der Waals surface area contributed by atoms with E-state index in [1.807, 2.05) is 18.2 Å². The van der Waals surface area contributed by atoms with E-state index in [2.05, 4.69) is 17.4 Å². The molecule has 176 valence electrons. The number of rotatable bonds is 8. The Kier molecular flexibility index (Phi) is 6.93. The lowest BCUT2D eigenvalue weighted by Gasteiger charge is -2.23. The second-order valence-corrected chi connectivity index (χ2v) is 10.2. The fourth-order valence-electron chi connectivity index (χ4n) is 4.07. The number of unbranched alkanes of at least 4 members (excludes halogenated alkanes) is 1. The zero-order chi connectivity index (χ0) is 24.1. The summed E-state index contributed by atoms with van der Waals surface area (Å²) in [5.74, 6) is -1.60. The first-order chi connectivity index (χ1) is 16.3. The molecule has 3 aromatic rings. The van der Waals surface area contributed by atoms with Crippen molar-refractivity contribution in [2.75, 3.05) is 17.2 Å². The molecule has 8 nitrogen and oxygen atoms in total. The number of hydrogen-bond acceptors (Lipinski definition) is 5.